The number of fused-ring (bicyclic) bond motifs is 2. The molecule has 3 aromatic carbocycles. The number of aromatic nitrogens is 2. The molecule has 11 nitrogen and oxygen atoms in total. The standard InChI is InChI=1S/C34H36N4O7S/c1-18-19(2)31-29(20(3)30(18)39)25(37-42-6)15-34(4,45-31)17-44-23-11-12-24-26(14-23)38(5)28(35-24)16-43-22-9-7-21(8-10-22)13-27-32(40)36-33(41)46-27/h7-12,14,27,39H,13,15-17H2,1-6H3,(H,36,40,41). The highest BCUT2D eigenvalue weighted by Gasteiger charge is 2.39. The molecule has 2 atom stereocenters. The Balaban J connectivity index is 1.13. The summed E-state index contributed by atoms with van der Waals surface area (Å²) in [6.45, 7) is 8.16. The molecule has 6 rings (SSSR count). The van der Waals surface area contributed by atoms with Gasteiger partial charge in [-0.3, -0.25) is 14.9 Å². The van der Waals surface area contributed by atoms with Gasteiger partial charge in [0.1, 0.15) is 54.7 Å². The van der Waals surface area contributed by atoms with E-state index in [1.807, 2.05) is 81.8 Å². The minimum atomic E-state index is -0.735. The van der Waals surface area contributed by atoms with Crippen molar-refractivity contribution in [2.24, 2.45) is 12.2 Å². The highest BCUT2D eigenvalue weighted by molar-refractivity contribution is 8.15. The van der Waals surface area contributed by atoms with Gasteiger partial charge in [-0.25, -0.2) is 4.98 Å². The summed E-state index contributed by atoms with van der Waals surface area (Å²) in [7, 11) is 3.44. The van der Waals surface area contributed by atoms with E-state index in [9.17, 15) is 14.7 Å². The Morgan fingerprint density at radius 3 is 2.52 bits per heavy atom. The second-order valence-electron chi connectivity index (χ2n) is 11.9. The van der Waals surface area contributed by atoms with Crippen molar-refractivity contribution in [2.45, 2.75) is 58.0 Å². The summed E-state index contributed by atoms with van der Waals surface area (Å²) in [6.07, 6.45) is 0.906. The third kappa shape index (κ3) is 5.96. The number of hydrogen-bond donors (Lipinski definition) is 2. The lowest BCUT2D eigenvalue weighted by molar-refractivity contribution is -0.118. The predicted molar refractivity (Wildman–Crippen MR) is 175 cm³/mol. The monoisotopic (exact) mass is 644 g/mol. The van der Waals surface area contributed by atoms with E-state index in [1.165, 1.54) is 7.11 Å². The Labute approximate surface area is 270 Å². The van der Waals surface area contributed by atoms with Gasteiger partial charge >= 0.3 is 0 Å². The first-order valence-corrected chi connectivity index (χ1v) is 15.8. The van der Waals surface area contributed by atoms with E-state index in [4.69, 9.17) is 24.0 Å². The molecular formula is C34H36N4O7S. The number of ether oxygens (including phenoxy) is 3. The van der Waals surface area contributed by atoms with Gasteiger partial charge in [-0.2, -0.15) is 0 Å². The van der Waals surface area contributed by atoms with Crippen LogP contribution in [0.25, 0.3) is 11.0 Å². The Morgan fingerprint density at radius 2 is 1.83 bits per heavy atom. The van der Waals surface area contributed by atoms with E-state index < -0.39 is 10.9 Å². The number of nitrogens with zero attached hydrogens (tertiary/aromatic N) is 3. The smallest absolute Gasteiger partial charge is 0.286 e. The molecule has 12 heteroatoms. The molecule has 0 bridgehead atoms. The maximum atomic E-state index is 11.9. The molecule has 1 aromatic heterocycles. The maximum Gasteiger partial charge on any atom is 0.286 e. The van der Waals surface area contributed by atoms with Gasteiger partial charge in [0.2, 0.25) is 5.91 Å². The third-order valence-electron chi connectivity index (χ3n) is 8.56. The van der Waals surface area contributed by atoms with Gasteiger partial charge in [0, 0.05) is 30.7 Å². The highest BCUT2D eigenvalue weighted by atomic mass is 32.2. The molecule has 2 N–H and O–H groups in total. The van der Waals surface area contributed by atoms with Crippen molar-refractivity contribution < 1.29 is 33.7 Å². The average Bonchev–Trinajstić information content (AvgIpc) is 3.53. The SMILES string of the molecule is CON=C1CC(C)(COc2ccc3nc(COc4ccc(CC5SC(=O)NC5=O)cc4)n(C)c3c2)Oc2c(C)c(C)c(O)c(C)c21. The maximum absolute atomic E-state index is 11.9. The van der Waals surface area contributed by atoms with Crippen molar-refractivity contribution in [3.8, 4) is 23.0 Å². The van der Waals surface area contributed by atoms with E-state index >= 15 is 0 Å². The molecule has 0 radical (unpaired) electrons. The van der Waals surface area contributed by atoms with E-state index in [0.717, 1.165) is 50.9 Å². The van der Waals surface area contributed by atoms with Crippen LogP contribution < -0.4 is 19.5 Å². The first kappa shape index (κ1) is 31.3. The molecule has 1 saturated heterocycles. The Morgan fingerprint density at radius 1 is 1.09 bits per heavy atom. The van der Waals surface area contributed by atoms with Crippen LogP contribution >= 0.6 is 11.8 Å². The minimum absolute atomic E-state index is 0.237. The predicted octanol–water partition coefficient (Wildman–Crippen LogP) is 5.65. The molecule has 3 heterocycles. The van der Waals surface area contributed by atoms with Crippen LogP contribution in [0.3, 0.4) is 0 Å². The zero-order chi connectivity index (χ0) is 32.7. The number of amides is 2. The lowest BCUT2D eigenvalue weighted by atomic mass is 9.86. The number of phenols is 1. The van der Waals surface area contributed by atoms with Crippen molar-refractivity contribution in [3.05, 3.63) is 76.1 Å². The zero-order valence-corrected chi connectivity index (χ0v) is 27.4. The number of aryl methyl sites for hydroxylation is 1. The summed E-state index contributed by atoms with van der Waals surface area (Å²) in [5, 5.41) is 16.6. The Bertz CT molecular complexity index is 1890. The van der Waals surface area contributed by atoms with Crippen LogP contribution in [0.1, 0.15) is 47.0 Å². The zero-order valence-electron chi connectivity index (χ0n) is 26.6. The van der Waals surface area contributed by atoms with Gasteiger partial charge < -0.3 is 28.7 Å². The topological polar surface area (TPSA) is 134 Å². The number of imidazole rings is 1. The minimum Gasteiger partial charge on any atom is -0.507 e. The van der Waals surface area contributed by atoms with Crippen LogP contribution in [-0.2, 0) is 29.7 Å². The summed E-state index contributed by atoms with van der Waals surface area (Å²) >= 11 is 1.02. The fourth-order valence-electron chi connectivity index (χ4n) is 5.86. The van der Waals surface area contributed by atoms with Crippen LogP contribution in [0, 0.1) is 20.8 Å². The van der Waals surface area contributed by atoms with Crippen LogP contribution in [0.5, 0.6) is 23.0 Å². The molecule has 46 heavy (non-hydrogen) atoms. The van der Waals surface area contributed by atoms with Gasteiger partial charge in [-0.05, 0) is 75.1 Å². The fraction of sp³-hybridized carbons (Fsp3) is 0.353. The lowest BCUT2D eigenvalue weighted by Gasteiger charge is -2.37. The van der Waals surface area contributed by atoms with Gasteiger partial charge in [-0.15, -0.1) is 0 Å². The third-order valence-corrected chi connectivity index (χ3v) is 9.55. The van der Waals surface area contributed by atoms with Crippen LogP contribution in [0.4, 0.5) is 4.79 Å². The average molecular weight is 645 g/mol. The van der Waals surface area contributed by atoms with Crippen molar-refractivity contribution in [1.82, 2.24) is 14.9 Å². The second-order valence-corrected chi connectivity index (χ2v) is 13.1. The number of rotatable bonds is 9. The first-order valence-electron chi connectivity index (χ1n) is 14.9. The molecule has 2 unspecified atom stereocenters. The molecule has 240 valence electrons. The number of carbonyl (C=O) groups is 2. The Kier molecular flexibility index (Phi) is 8.32. The first-order chi connectivity index (χ1) is 22.0. The van der Waals surface area contributed by atoms with E-state index in [0.29, 0.717) is 41.4 Å². The van der Waals surface area contributed by atoms with Gasteiger partial charge in [0.15, 0.2) is 0 Å². The molecule has 4 aromatic rings. The summed E-state index contributed by atoms with van der Waals surface area (Å²) in [4.78, 5) is 33.2. The van der Waals surface area contributed by atoms with Crippen molar-refractivity contribution in [3.63, 3.8) is 0 Å². The molecule has 0 saturated carbocycles. The number of imide groups is 1. The van der Waals surface area contributed by atoms with Crippen molar-refractivity contribution >= 4 is 39.7 Å². The number of thioether (sulfide) groups is 1. The molecule has 0 spiro atoms. The van der Waals surface area contributed by atoms with Gasteiger partial charge in [0.05, 0.1) is 22.0 Å². The Hall–Kier alpha value is -4.71. The van der Waals surface area contributed by atoms with E-state index in [-0.39, 0.29) is 30.1 Å². The van der Waals surface area contributed by atoms with E-state index in [2.05, 4.69) is 10.5 Å². The normalized spacial score (nSPS) is 20.0. The summed E-state index contributed by atoms with van der Waals surface area (Å²) in [6, 6.07) is 13.3. The molecule has 2 aliphatic rings. The molecular weight excluding hydrogens is 608 g/mol. The summed E-state index contributed by atoms with van der Waals surface area (Å²) in [5.41, 5.74) is 5.71. The van der Waals surface area contributed by atoms with Crippen molar-refractivity contribution in [2.75, 3.05) is 13.7 Å². The molecule has 2 aliphatic heterocycles. The quantitative estimate of drug-likeness (QED) is 0.222. The number of benzene rings is 3. The van der Waals surface area contributed by atoms with Gasteiger partial charge in [-0.1, -0.05) is 29.1 Å². The van der Waals surface area contributed by atoms with Crippen molar-refractivity contribution in [1.29, 1.82) is 0 Å². The number of carbonyl (C=O) groups excluding carboxylic acids is 2. The van der Waals surface area contributed by atoms with E-state index in [1.54, 1.807) is 0 Å². The summed E-state index contributed by atoms with van der Waals surface area (Å²) in [5.74, 6) is 2.76. The molecule has 0 aliphatic carbocycles. The number of hydrogen-bond acceptors (Lipinski definition) is 10. The lowest BCUT2D eigenvalue weighted by Crippen LogP contribution is -2.45. The highest BCUT2D eigenvalue weighted by Crippen LogP contribution is 2.44. The number of nitrogens with one attached hydrogen (secondary N) is 1. The molecule has 1 fully saturated rings. The number of phenolic OH excluding ortho intramolecular Hbond substituents is 1. The van der Waals surface area contributed by atoms with Crippen LogP contribution in [0.2, 0.25) is 0 Å². The number of aromatic hydroxyl groups is 1. The fourth-order valence-corrected chi connectivity index (χ4v) is 6.72. The van der Waals surface area contributed by atoms with Crippen LogP contribution in [-0.4, -0.2) is 56.1 Å². The second kappa shape index (κ2) is 12.2. The number of oxime groups is 1. The van der Waals surface area contributed by atoms with Crippen LogP contribution in [0.15, 0.2) is 47.6 Å². The molecule has 2 amide bonds. The summed E-state index contributed by atoms with van der Waals surface area (Å²) < 4.78 is 20.9. The van der Waals surface area contributed by atoms with Gasteiger partial charge in [0.25, 0.3) is 5.24 Å². The largest absolute Gasteiger partial charge is 0.507 e.